The average Bonchev–Trinajstić information content (AvgIpc) is 2.88. The maximum absolute atomic E-state index is 12.7. The van der Waals surface area contributed by atoms with E-state index in [-0.39, 0.29) is 12.1 Å². The SMILES string of the molecule is CC(Cn1cccn1)NC(=O)N1CC2CC3CC(C2)CC1C3. The Morgan fingerprint density at radius 2 is 1.95 bits per heavy atom. The summed E-state index contributed by atoms with van der Waals surface area (Å²) in [5, 5.41) is 7.40. The highest BCUT2D eigenvalue weighted by atomic mass is 16.2. The summed E-state index contributed by atoms with van der Waals surface area (Å²) in [6.07, 6.45) is 10.3. The van der Waals surface area contributed by atoms with E-state index in [2.05, 4.69) is 22.2 Å². The maximum Gasteiger partial charge on any atom is 0.317 e. The fourth-order valence-corrected chi connectivity index (χ4v) is 5.06. The zero-order valence-corrected chi connectivity index (χ0v) is 13.3. The van der Waals surface area contributed by atoms with Gasteiger partial charge in [-0.2, -0.15) is 5.10 Å². The number of carbonyl (C=O) groups is 1. The Morgan fingerprint density at radius 3 is 2.64 bits per heavy atom. The van der Waals surface area contributed by atoms with Crippen LogP contribution in [0.15, 0.2) is 18.5 Å². The van der Waals surface area contributed by atoms with E-state index in [1.54, 1.807) is 6.20 Å². The second kappa shape index (κ2) is 5.60. The van der Waals surface area contributed by atoms with Gasteiger partial charge in [0.2, 0.25) is 0 Å². The predicted molar refractivity (Wildman–Crippen MR) is 84.3 cm³/mol. The van der Waals surface area contributed by atoms with Crippen molar-refractivity contribution in [3.8, 4) is 0 Å². The van der Waals surface area contributed by atoms with Crippen molar-refractivity contribution in [3.63, 3.8) is 0 Å². The third-order valence-electron chi connectivity index (χ3n) is 5.76. The number of urea groups is 1. The Morgan fingerprint density at radius 1 is 1.23 bits per heavy atom. The Labute approximate surface area is 132 Å². The molecule has 3 atom stereocenters. The number of nitrogens with zero attached hydrogens (tertiary/aromatic N) is 3. The number of aromatic nitrogens is 2. The first-order valence-electron chi connectivity index (χ1n) is 8.72. The summed E-state index contributed by atoms with van der Waals surface area (Å²) >= 11 is 0. The number of nitrogens with one attached hydrogen (secondary N) is 1. The zero-order chi connectivity index (χ0) is 15.1. The van der Waals surface area contributed by atoms with E-state index < -0.39 is 0 Å². The minimum absolute atomic E-state index is 0.102. The summed E-state index contributed by atoms with van der Waals surface area (Å²) in [6.45, 7) is 3.75. The molecule has 4 aliphatic rings. The van der Waals surface area contributed by atoms with Gasteiger partial charge in [-0.25, -0.2) is 4.79 Å². The number of fused-ring (bicyclic) bond motifs is 1. The van der Waals surface area contributed by atoms with Gasteiger partial charge in [0.25, 0.3) is 0 Å². The lowest BCUT2D eigenvalue weighted by atomic mass is 9.68. The summed E-state index contributed by atoms with van der Waals surface area (Å²) in [5.41, 5.74) is 0. The highest BCUT2D eigenvalue weighted by Crippen LogP contribution is 2.47. The van der Waals surface area contributed by atoms with Gasteiger partial charge in [0.1, 0.15) is 0 Å². The molecule has 4 fully saturated rings. The van der Waals surface area contributed by atoms with Crippen LogP contribution in [0.3, 0.4) is 0 Å². The fourth-order valence-electron chi connectivity index (χ4n) is 5.06. The molecule has 120 valence electrons. The van der Waals surface area contributed by atoms with Crippen LogP contribution in [0.2, 0.25) is 0 Å². The van der Waals surface area contributed by atoms with Crippen LogP contribution in [0.5, 0.6) is 0 Å². The third kappa shape index (κ3) is 2.73. The molecule has 3 heterocycles. The van der Waals surface area contributed by atoms with E-state index in [9.17, 15) is 4.79 Å². The Kier molecular flexibility index (Phi) is 3.59. The van der Waals surface area contributed by atoms with Crippen LogP contribution in [0.1, 0.15) is 39.0 Å². The summed E-state index contributed by atoms with van der Waals surface area (Å²) in [6, 6.07) is 2.63. The molecular weight excluding hydrogens is 276 g/mol. The lowest BCUT2D eigenvalue weighted by Gasteiger charge is -2.39. The van der Waals surface area contributed by atoms with Crippen molar-refractivity contribution in [1.29, 1.82) is 0 Å². The van der Waals surface area contributed by atoms with Gasteiger partial charge in [0.15, 0.2) is 0 Å². The van der Waals surface area contributed by atoms with Crippen LogP contribution >= 0.6 is 0 Å². The number of rotatable bonds is 3. The molecule has 0 aromatic carbocycles. The van der Waals surface area contributed by atoms with Crippen LogP contribution in [0, 0.1) is 17.8 Å². The molecule has 2 amide bonds. The molecule has 22 heavy (non-hydrogen) atoms. The van der Waals surface area contributed by atoms with Gasteiger partial charge >= 0.3 is 6.03 Å². The van der Waals surface area contributed by atoms with Crippen LogP contribution < -0.4 is 5.32 Å². The molecule has 1 aromatic heterocycles. The van der Waals surface area contributed by atoms with E-state index in [1.165, 1.54) is 32.1 Å². The quantitative estimate of drug-likeness (QED) is 0.932. The molecule has 5 heteroatoms. The number of hydrogen-bond acceptors (Lipinski definition) is 2. The van der Waals surface area contributed by atoms with Gasteiger partial charge in [-0.1, -0.05) is 0 Å². The molecule has 4 bridgehead atoms. The molecule has 2 aliphatic heterocycles. The second-order valence-corrected chi connectivity index (χ2v) is 7.66. The van der Waals surface area contributed by atoms with Crippen molar-refractivity contribution in [1.82, 2.24) is 20.0 Å². The predicted octanol–water partition coefficient (Wildman–Crippen LogP) is 2.49. The van der Waals surface area contributed by atoms with Crippen LogP contribution in [0.4, 0.5) is 4.79 Å². The van der Waals surface area contributed by atoms with Crippen molar-refractivity contribution >= 4 is 6.03 Å². The Bertz CT molecular complexity index is 515. The van der Waals surface area contributed by atoms with Crippen molar-refractivity contribution in [2.75, 3.05) is 6.54 Å². The molecule has 3 unspecified atom stereocenters. The van der Waals surface area contributed by atoms with Crippen LogP contribution in [0.25, 0.3) is 0 Å². The van der Waals surface area contributed by atoms with Gasteiger partial charge in [-0.15, -0.1) is 0 Å². The first-order chi connectivity index (χ1) is 10.7. The highest BCUT2D eigenvalue weighted by molar-refractivity contribution is 5.75. The van der Waals surface area contributed by atoms with Gasteiger partial charge in [-0.3, -0.25) is 4.68 Å². The maximum atomic E-state index is 12.7. The third-order valence-corrected chi connectivity index (χ3v) is 5.76. The van der Waals surface area contributed by atoms with E-state index in [4.69, 9.17) is 0 Å². The normalized spacial score (nSPS) is 34.5. The van der Waals surface area contributed by atoms with E-state index >= 15 is 0 Å². The summed E-state index contributed by atoms with van der Waals surface area (Å²) in [4.78, 5) is 14.9. The second-order valence-electron chi connectivity index (χ2n) is 7.66. The Balaban J connectivity index is 1.39. The topological polar surface area (TPSA) is 50.2 Å². The molecule has 2 aliphatic carbocycles. The summed E-state index contributed by atoms with van der Waals surface area (Å²) < 4.78 is 1.88. The molecular formula is C17H26N4O. The molecule has 0 radical (unpaired) electrons. The minimum atomic E-state index is 0.102. The largest absolute Gasteiger partial charge is 0.334 e. The zero-order valence-electron chi connectivity index (χ0n) is 13.3. The minimum Gasteiger partial charge on any atom is -0.334 e. The van der Waals surface area contributed by atoms with Gasteiger partial charge in [0, 0.05) is 31.0 Å². The summed E-state index contributed by atoms with van der Waals surface area (Å²) in [5.74, 6) is 2.49. The van der Waals surface area contributed by atoms with Crippen LogP contribution in [-0.2, 0) is 6.54 Å². The van der Waals surface area contributed by atoms with E-state index in [1.807, 2.05) is 16.9 Å². The molecule has 5 rings (SSSR count). The van der Waals surface area contributed by atoms with Gasteiger partial charge in [0.05, 0.1) is 6.54 Å². The number of carbonyl (C=O) groups excluding carboxylic acids is 1. The standard InChI is InChI=1S/C17H26N4O/c1-12(10-20-4-2-3-18-20)19-17(22)21-11-15-6-13-5-14(7-15)9-16(21)8-13/h2-4,12-16H,5-11H2,1H3,(H,19,22). The molecule has 1 N–H and O–H groups in total. The number of amides is 2. The van der Waals surface area contributed by atoms with Crippen molar-refractivity contribution in [3.05, 3.63) is 18.5 Å². The lowest BCUT2D eigenvalue weighted by molar-refractivity contribution is 0.130. The average molecular weight is 302 g/mol. The lowest BCUT2D eigenvalue weighted by Crippen LogP contribution is -2.50. The van der Waals surface area contributed by atoms with E-state index in [0.29, 0.717) is 6.04 Å². The van der Waals surface area contributed by atoms with Gasteiger partial charge in [-0.05, 0) is 62.8 Å². The molecule has 2 saturated carbocycles. The first kappa shape index (κ1) is 14.1. The first-order valence-corrected chi connectivity index (χ1v) is 8.72. The van der Waals surface area contributed by atoms with Gasteiger partial charge < -0.3 is 10.2 Å². The number of hydrogen-bond donors (Lipinski definition) is 1. The molecule has 5 nitrogen and oxygen atoms in total. The highest BCUT2D eigenvalue weighted by Gasteiger charge is 2.44. The van der Waals surface area contributed by atoms with Crippen molar-refractivity contribution in [2.24, 2.45) is 17.8 Å². The monoisotopic (exact) mass is 302 g/mol. The smallest absolute Gasteiger partial charge is 0.317 e. The van der Waals surface area contributed by atoms with Crippen molar-refractivity contribution in [2.45, 2.75) is 57.7 Å². The molecule has 1 aromatic rings. The van der Waals surface area contributed by atoms with Crippen molar-refractivity contribution < 1.29 is 4.79 Å². The molecule has 0 spiro atoms. The fraction of sp³-hybridized carbons (Fsp3) is 0.765. The Hall–Kier alpha value is -1.52. The molecule has 2 saturated heterocycles. The van der Waals surface area contributed by atoms with Crippen LogP contribution in [-0.4, -0.2) is 39.3 Å². The van der Waals surface area contributed by atoms with E-state index in [0.717, 1.165) is 30.8 Å². The summed E-state index contributed by atoms with van der Waals surface area (Å²) in [7, 11) is 0.